The molecule has 1 fully saturated rings. The van der Waals surface area contributed by atoms with Gasteiger partial charge in [-0.25, -0.2) is 0 Å². The highest BCUT2D eigenvalue weighted by atomic mass is 16.5. The highest BCUT2D eigenvalue weighted by Gasteiger charge is 2.27. The minimum absolute atomic E-state index is 0.174. The van der Waals surface area contributed by atoms with Crippen LogP contribution in [0.4, 0.5) is 0 Å². The maximum Gasteiger partial charge on any atom is 0.311 e. The molecule has 0 aromatic heterocycles. The second-order valence-corrected chi connectivity index (χ2v) is 5.05. The number of hydrogen-bond donors (Lipinski definition) is 1. The van der Waals surface area contributed by atoms with Gasteiger partial charge in [0.1, 0.15) is 0 Å². The van der Waals surface area contributed by atoms with Crippen LogP contribution < -0.4 is 5.32 Å². The Morgan fingerprint density at radius 3 is 2.58 bits per heavy atom. The zero-order valence-electron chi connectivity index (χ0n) is 12.1. The molecule has 0 radical (unpaired) electrons. The monoisotopic (exact) mass is 271 g/mol. The Morgan fingerprint density at radius 1 is 1.37 bits per heavy atom. The summed E-state index contributed by atoms with van der Waals surface area (Å²) < 4.78 is 4.89. The standard InChI is InChI=1S/C13H25N3O3/c1-15-8-5-11(6-9-15)16(2)13(18)12(17)14-7-4-10-19-3/h11H,4-10H2,1-3H3,(H,14,17). The Balaban J connectivity index is 2.32. The van der Waals surface area contributed by atoms with Crippen molar-refractivity contribution in [2.45, 2.75) is 25.3 Å². The molecule has 0 aliphatic carbocycles. The third kappa shape index (κ3) is 5.16. The highest BCUT2D eigenvalue weighted by molar-refractivity contribution is 6.35. The van der Waals surface area contributed by atoms with E-state index in [0.29, 0.717) is 19.6 Å². The number of likely N-dealkylation sites (tertiary alicyclic amines) is 1. The first-order valence-corrected chi connectivity index (χ1v) is 6.78. The summed E-state index contributed by atoms with van der Waals surface area (Å²) in [6.07, 6.45) is 2.57. The fourth-order valence-electron chi connectivity index (χ4n) is 2.20. The zero-order valence-corrected chi connectivity index (χ0v) is 12.1. The van der Waals surface area contributed by atoms with Crippen molar-refractivity contribution in [3.05, 3.63) is 0 Å². The molecule has 0 unspecified atom stereocenters. The molecule has 0 aromatic rings. The van der Waals surface area contributed by atoms with Crippen LogP contribution in [-0.4, -0.2) is 75.1 Å². The minimum Gasteiger partial charge on any atom is -0.385 e. The fourth-order valence-corrected chi connectivity index (χ4v) is 2.20. The number of hydrogen-bond acceptors (Lipinski definition) is 4. The van der Waals surface area contributed by atoms with Crippen LogP contribution in [0.2, 0.25) is 0 Å². The summed E-state index contributed by atoms with van der Waals surface area (Å²) in [5.74, 6) is -0.954. The first-order valence-electron chi connectivity index (χ1n) is 6.78. The molecule has 6 nitrogen and oxygen atoms in total. The molecule has 19 heavy (non-hydrogen) atoms. The third-order valence-electron chi connectivity index (χ3n) is 3.56. The molecule has 1 heterocycles. The van der Waals surface area contributed by atoms with E-state index in [-0.39, 0.29) is 6.04 Å². The molecule has 0 atom stereocenters. The molecule has 1 N–H and O–H groups in total. The molecule has 1 aliphatic rings. The van der Waals surface area contributed by atoms with E-state index in [2.05, 4.69) is 17.3 Å². The SMILES string of the molecule is COCCCNC(=O)C(=O)N(C)C1CCN(C)CC1. The topological polar surface area (TPSA) is 61.9 Å². The Bertz CT molecular complexity index is 302. The van der Waals surface area contributed by atoms with Crippen LogP contribution in [0.15, 0.2) is 0 Å². The Kier molecular flexibility index (Phi) is 6.80. The van der Waals surface area contributed by atoms with Crippen molar-refractivity contribution in [2.24, 2.45) is 0 Å². The summed E-state index contributed by atoms with van der Waals surface area (Å²) in [4.78, 5) is 27.5. The van der Waals surface area contributed by atoms with Gasteiger partial charge in [-0.3, -0.25) is 9.59 Å². The first-order chi connectivity index (χ1) is 9.06. The lowest BCUT2D eigenvalue weighted by Gasteiger charge is -2.34. The number of likely N-dealkylation sites (N-methyl/N-ethyl adjacent to an activating group) is 1. The molecule has 1 rings (SSSR count). The summed E-state index contributed by atoms with van der Waals surface area (Å²) in [5, 5.41) is 2.63. The van der Waals surface area contributed by atoms with Crippen LogP contribution in [0, 0.1) is 0 Å². The maximum absolute atomic E-state index is 12.0. The average Bonchev–Trinajstić information content (AvgIpc) is 2.42. The largest absolute Gasteiger partial charge is 0.385 e. The Morgan fingerprint density at radius 2 is 2.00 bits per heavy atom. The maximum atomic E-state index is 12.0. The van der Waals surface area contributed by atoms with Gasteiger partial charge >= 0.3 is 11.8 Å². The summed E-state index contributed by atoms with van der Waals surface area (Å²) in [6, 6.07) is 0.174. The number of carbonyl (C=O) groups is 2. The normalized spacial score (nSPS) is 17.2. The van der Waals surface area contributed by atoms with Crippen LogP contribution in [0.25, 0.3) is 0 Å². The number of piperidine rings is 1. The van der Waals surface area contributed by atoms with Gasteiger partial charge in [0.2, 0.25) is 0 Å². The summed E-state index contributed by atoms with van der Waals surface area (Å²) >= 11 is 0. The highest BCUT2D eigenvalue weighted by Crippen LogP contribution is 2.14. The number of nitrogens with zero attached hydrogens (tertiary/aromatic N) is 2. The lowest BCUT2D eigenvalue weighted by Crippen LogP contribution is -2.49. The molecule has 1 aliphatic heterocycles. The molecular formula is C13H25N3O3. The number of carbonyl (C=O) groups excluding carboxylic acids is 2. The molecule has 1 saturated heterocycles. The lowest BCUT2D eigenvalue weighted by atomic mass is 10.0. The molecular weight excluding hydrogens is 246 g/mol. The molecule has 6 heteroatoms. The molecule has 0 saturated carbocycles. The first kappa shape index (κ1) is 15.9. The summed E-state index contributed by atoms with van der Waals surface area (Å²) in [5.41, 5.74) is 0. The number of rotatable bonds is 5. The van der Waals surface area contributed by atoms with Crippen LogP contribution in [0.1, 0.15) is 19.3 Å². The van der Waals surface area contributed by atoms with Gasteiger partial charge in [0.15, 0.2) is 0 Å². The van der Waals surface area contributed by atoms with Gasteiger partial charge in [0.05, 0.1) is 0 Å². The van der Waals surface area contributed by atoms with Crippen molar-refractivity contribution in [3.63, 3.8) is 0 Å². The Hall–Kier alpha value is -1.14. The van der Waals surface area contributed by atoms with E-state index < -0.39 is 11.8 Å². The van der Waals surface area contributed by atoms with Crippen molar-refractivity contribution in [1.29, 1.82) is 0 Å². The fraction of sp³-hybridized carbons (Fsp3) is 0.846. The van der Waals surface area contributed by atoms with Crippen molar-refractivity contribution >= 4 is 11.8 Å². The van der Waals surface area contributed by atoms with Gasteiger partial charge in [-0.15, -0.1) is 0 Å². The quantitative estimate of drug-likeness (QED) is 0.550. The summed E-state index contributed by atoms with van der Waals surface area (Å²) in [6.45, 7) is 2.99. The number of nitrogens with one attached hydrogen (secondary N) is 1. The van der Waals surface area contributed by atoms with Gasteiger partial charge in [-0.1, -0.05) is 0 Å². The van der Waals surface area contributed by atoms with Gasteiger partial charge in [-0.05, 0) is 39.4 Å². The number of amides is 2. The molecule has 110 valence electrons. The van der Waals surface area contributed by atoms with Crippen LogP contribution in [0.5, 0.6) is 0 Å². The van der Waals surface area contributed by atoms with E-state index in [1.54, 1.807) is 19.1 Å². The van der Waals surface area contributed by atoms with Crippen molar-refractivity contribution in [3.8, 4) is 0 Å². The van der Waals surface area contributed by atoms with Crippen LogP contribution in [-0.2, 0) is 14.3 Å². The lowest BCUT2D eigenvalue weighted by molar-refractivity contribution is -0.146. The van der Waals surface area contributed by atoms with Crippen molar-refractivity contribution in [2.75, 3.05) is 47.4 Å². The van der Waals surface area contributed by atoms with Gasteiger partial charge in [-0.2, -0.15) is 0 Å². The Labute approximate surface area is 115 Å². The van der Waals surface area contributed by atoms with E-state index in [1.165, 1.54) is 0 Å². The average molecular weight is 271 g/mol. The molecule has 0 aromatic carbocycles. The van der Waals surface area contributed by atoms with Crippen molar-refractivity contribution < 1.29 is 14.3 Å². The predicted molar refractivity (Wildman–Crippen MR) is 72.8 cm³/mol. The van der Waals surface area contributed by atoms with E-state index >= 15 is 0 Å². The van der Waals surface area contributed by atoms with Gasteiger partial charge < -0.3 is 19.9 Å². The second-order valence-electron chi connectivity index (χ2n) is 5.05. The second kappa shape index (κ2) is 8.12. The molecule has 0 bridgehead atoms. The number of methoxy groups -OCH3 is 1. The van der Waals surface area contributed by atoms with Crippen molar-refractivity contribution in [1.82, 2.24) is 15.1 Å². The van der Waals surface area contributed by atoms with E-state index in [9.17, 15) is 9.59 Å². The minimum atomic E-state index is -0.516. The van der Waals surface area contributed by atoms with Crippen LogP contribution >= 0.6 is 0 Å². The number of ether oxygens (including phenoxy) is 1. The smallest absolute Gasteiger partial charge is 0.311 e. The predicted octanol–water partition coefficient (Wildman–Crippen LogP) is -0.308. The molecule has 2 amide bonds. The third-order valence-corrected chi connectivity index (χ3v) is 3.56. The van der Waals surface area contributed by atoms with Gasteiger partial charge in [0.25, 0.3) is 0 Å². The van der Waals surface area contributed by atoms with E-state index in [1.807, 2.05) is 0 Å². The van der Waals surface area contributed by atoms with Crippen LogP contribution in [0.3, 0.4) is 0 Å². The van der Waals surface area contributed by atoms with Gasteiger partial charge in [0, 0.05) is 33.4 Å². The summed E-state index contributed by atoms with van der Waals surface area (Å²) in [7, 11) is 5.40. The van der Waals surface area contributed by atoms with E-state index in [0.717, 1.165) is 25.9 Å². The molecule has 0 spiro atoms. The zero-order chi connectivity index (χ0) is 14.3. The van der Waals surface area contributed by atoms with E-state index in [4.69, 9.17) is 4.74 Å².